The number of nitrogens with zero attached hydrogens (tertiary/aromatic N) is 4. The molecule has 2 fully saturated rings. The minimum atomic E-state index is -1.17. The molecular formula is C27H34N5O7S3+. The Kier molecular flexibility index (Phi) is 8.65. The van der Waals surface area contributed by atoms with Crippen LogP contribution in [0, 0.1) is 11.8 Å². The number of thiazole rings is 1. The van der Waals surface area contributed by atoms with Gasteiger partial charge in [-0.05, 0) is 31.4 Å². The van der Waals surface area contributed by atoms with Gasteiger partial charge in [-0.15, -0.1) is 11.8 Å². The van der Waals surface area contributed by atoms with Gasteiger partial charge in [0.25, 0.3) is 5.91 Å². The number of carboxylic acids is 1. The lowest BCUT2D eigenvalue weighted by atomic mass is 9.79. The fourth-order valence-corrected chi connectivity index (χ4v) is 9.69. The van der Waals surface area contributed by atoms with Crippen molar-refractivity contribution < 1.29 is 38.7 Å². The highest BCUT2D eigenvalue weighted by Gasteiger charge is 2.60. The number of β-lactam (4-membered cyclic amide) rings is 1. The van der Waals surface area contributed by atoms with Crippen LogP contribution in [0.2, 0.25) is 0 Å². The van der Waals surface area contributed by atoms with Crippen molar-refractivity contribution >= 4 is 63.6 Å². The number of thioether (sulfide) groups is 2. The Morgan fingerprint density at radius 3 is 2.74 bits per heavy atom. The maximum Gasteiger partial charge on any atom is 0.410 e. The minimum absolute atomic E-state index is 0.0223. The molecule has 5 rings (SSSR count). The summed E-state index contributed by atoms with van der Waals surface area (Å²) in [7, 11) is 0. The summed E-state index contributed by atoms with van der Waals surface area (Å²) >= 11 is 4.47. The maximum absolute atomic E-state index is 13.1. The number of aromatic nitrogens is 2. The van der Waals surface area contributed by atoms with Gasteiger partial charge in [0, 0.05) is 35.1 Å². The predicted octanol–water partition coefficient (Wildman–Crippen LogP) is 1.69. The third kappa shape index (κ3) is 5.31. The Hall–Kier alpha value is -3.01. The number of imidazole rings is 1. The number of aliphatic hydroxyl groups excluding tert-OH is 1. The van der Waals surface area contributed by atoms with Crippen molar-refractivity contribution in [1.82, 2.24) is 14.2 Å². The first-order valence-corrected chi connectivity index (χ1v) is 16.4. The van der Waals surface area contributed by atoms with Gasteiger partial charge in [0.1, 0.15) is 24.7 Å². The number of carboxylic acid groups (broad SMARTS) is 1. The van der Waals surface area contributed by atoms with Crippen molar-refractivity contribution in [3.8, 4) is 0 Å². The van der Waals surface area contributed by atoms with Crippen LogP contribution in [0.5, 0.6) is 0 Å². The van der Waals surface area contributed by atoms with Gasteiger partial charge in [0.05, 0.1) is 22.9 Å². The molecule has 3 aliphatic rings. The van der Waals surface area contributed by atoms with Gasteiger partial charge in [-0.1, -0.05) is 30.9 Å². The van der Waals surface area contributed by atoms with Crippen LogP contribution in [-0.2, 0) is 32.1 Å². The highest BCUT2D eigenvalue weighted by atomic mass is 32.2. The first-order chi connectivity index (χ1) is 20.0. The summed E-state index contributed by atoms with van der Waals surface area (Å²) in [4.78, 5) is 55.2. The lowest BCUT2D eigenvalue weighted by Crippen LogP contribution is -2.63. The molecule has 0 bridgehead atoms. The second kappa shape index (κ2) is 11.9. The first kappa shape index (κ1) is 30.4. The number of aliphatic carboxylic acids is 1. The molecule has 226 valence electrons. The molecule has 12 nitrogen and oxygen atoms in total. The average molecular weight is 637 g/mol. The van der Waals surface area contributed by atoms with Gasteiger partial charge < -0.3 is 30.5 Å². The SMILES string of the molecule is C=CCOC(=O)N1C[C@@H](SC2=C(C(=O)O)N3C(=O)[C@H]([C@@H](C)O)[C@H]3[C@H]2C)C[C@H]1Cc1cn2c(SC)[n+](CC(N)=O)cc2s1. The van der Waals surface area contributed by atoms with Crippen molar-refractivity contribution in [2.24, 2.45) is 17.6 Å². The topological polar surface area (TPSA) is 159 Å². The number of hydrogen-bond donors (Lipinski definition) is 3. The molecule has 6 atom stereocenters. The van der Waals surface area contributed by atoms with Crippen LogP contribution in [-0.4, -0.2) is 91.1 Å². The normalized spacial score (nSPS) is 26.0. The first-order valence-electron chi connectivity index (χ1n) is 13.5. The summed E-state index contributed by atoms with van der Waals surface area (Å²) in [6.07, 6.45) is 7.16. The molecule has 3 amide bonds. The average Bonchev–Trinajstić information content (AvgIpc) is 3.63. The third-order valence-corrected chi connectivity index (χ3v) is 11.3. The van der Waals surface area contributed by atoms with E-state index < -0.39 is 36.0 Å². The summed E-state index contributed by atoms with van der Waals surface area (Å²) in [6.45, 7) is 7.58. The molecule has 2 saturated heterocycles. The zero-order chi connectivity index (χ0) is 30.5. The molecule has 0 spiro atoms. The van der Waals surface area contributed by atoms with Crippen molar-refractivity contribution in [2.75, 3.05) is 19.4 Å². The van der Waals surface area contributed by atoms with Gasteiger partial charge in [-0.2, -0.15) is 4.40 Å². The van der Waals surface area contributed by atoms with Crippen LogP contribution in [0.4, 0.5) is 4.79 Å². The van der Waals surface area contributed by atoms with E-state index in [4.69, 9.17) is 10.5 Å². The molecule has 2 aromatic rings. The van der Waals surface area contributed by atoms with E-state index in [0.29, 0.717) is 24.3 Å². The lowest BCUT2D eigenvalue weighted by molar-refractivity contribution is -0.720. The number of primary amides is 1. The van der Waals surface area contributed by atoms with Crippen LogP contribution in [0.1, 0.15) is 25.1 Å². The third-order valence-electron chi connectivity index (χ3n) is 7.95. The second-order valence-electron chi connectivity index (χ2n) is 10.7. The smallest absolute Gasteiger partial charge is 0.410 e. The number of amides is 3. The van der Waals surface area contributed by atoms with Gasteiger partial charge in [-0.3, -0.25) is 9.59 Å². The molecule has 0 aliphatic carbocycles. The van der Waals surface area contributed by atoms with Crippen LogP contribution in [0.3, 0.4) is 0 Å². The Morgan fingerprint density at radius 2 is 2.12 bits per heavy atom. The zero-order valence-corrected chi connectivity index (χ0v) is 25.9. The van der Waals surface area contributed by atoms with E-state index >= 15 is 0 Å². The summed E-state index contributed by atoms with van der Waals surface area (Å²) in [5.74, 6) is -2.86. The Morgan fingerprint density at radius 1 is 1.38 bits per heavy atom. The quantitative estimate of drug-likeness (QED) is 0.144. The molecule has 4 N–H and O–H groups in total. The molecule has 0 saturated carbocycles. The van der Waals surface area contributed by atoms with Crippen LogP contribution in [0.25, 0.3) is 4.83 Å². The maximum atomic E-state index is 13.1. The van der Waals surface area contributed by atoms with Gasteiger partial charge in [-0.25, -0.2) is 14.2 Å². The van der Waals surface area contributed by atoms with E-state index in [9.17, 15) is 29.4 Å². The van der Waals surface area contributed by atoms with Crippen molar-refractivity contribution in [2.45, 2.75) is 61.8 Å². The van der Waals surface area contributed by atoms with Crippen LogP contribution < -0.4 is 10.3 Å². The van der Waals surface area contributed by atoms with Crippen molar-refractivity contribution in [3.63, 3.8) is 0 Å². The standard InChI is InChI=1S/C27H33N5O7S3/c1-5-6-39-27(38)30-9-17(42-23-13(2)21-20(14(3)33)24(35)32(21)22(23)25(36)37)8-15(30)7-16-10-31-19(41-16)12-29(11-18(28)34)26(31)40-4/h5,10,12-15,17,20-21,33H,1,6-9,11H2,2-4H3,(H2-,28,34,36,37)/p+1/t13-,14-,15-,17+,20-,21-/m1/s1. The predicted molar refractivity (Wildman–Crippen MR) is 158 cm³/mol. The second-order valence-corrected chi connectivity index (χ2v) is 14.0. The molecule has 42 heavy (non-hydrogen) atoms. The van der Waals surface area contributed by atoms with Crippen molar-refractivity contribution in [3.05, 3.63) is 40.5 Å². The molecule has 5 heterocycles. The number of rotatable bonds is 11. The Balaban J connectivity index is 1.39. The van der Waals surface area contributed by atoms with E-state index in [1.54, 1.807) is 23.2 Å². The lowest BCUT2D eigenvalue weighted by Gasteiger charge is -2.46. The number of hydrogen-bond acceptors (Lipinski definition) is 9. The number of nitrogens with two attached hydrogens (primary N) is 1. The molecule has 15 heteroatoms. The molecule has 2 aromatic heterocycles. The van der Waals surface area contributed by atoms with Crippen LogP contribution >= 0.6 is 34.9 Å². The van der Waals surface area contributed by atoms with E-state index in [-0.39, 0.29) is 42.0 Å². The number of carbonyl (C=O) groups is 4. The molecule has 0 aromatic carbocycles. The van der Waals surface area contributed by atoms with Gasteiger partial charge in [0.15, 0.2) is 6.54 Å². The zero-order valence-electron chi connectivity index (χ0n) is 23.5. The fraction of sp³-hybridized carbons (Fsp3) is 0.519. The Bertz CT molecular complexity index is 1480. The summed E-state index contributed by atoms with van der Waals surface area (Å²) in [6, 6.07) is -0.595. The minimum Gasteiger partial charge on any atom is -0.477 e. The summed E-state index contributed by atoms with van der Waals surface area (Å²) < 4.78 is 9.22. The number of aliphatic hydroxyl groups is 1. The van der Waals surface area contributed by atoms with Crippen molar-refractivity contribution in [1.29, 1.82) is 0 Å². The number of likely N-dealkylation sites (tertiary alicyclic amines) is 1. The summed E-state index contributed by atoms with van der Waals surface area (Å²) in [5.41, 5.74) is 5.39. The fourth-order valence-electron chi connectivity index (χ4n) is 6.25. The molecule has 0 radical (unpaired) electrons. The highest BCUT2D eigenvalue weighted by molar-refractivity contribution is 8.03. The molecular weight excluding hydrogens is 603 g/mol. The summed E-state index contributed by atoms with van der Waals surface area (Å²) in [5, 5.41) is 20.9. The molecule has 3 aliphatic heterocycles. The largest absolute Gasteiger partial charge is 0.477 e. The number of ether oxygens (including phenoxy) is 1. The molecule has 0 unspecified atom stereocenters. The van der Waals surface area contributed by atoms with Crippen LogP contribution in [0.15, 0.2) is 40.8 Å². The number of fused-ring (bicyclic) bond motifs is 2. The van der Waals surface area contributed by atoms with Gasteiger partial charge in [0.2, 0.25) is 10.7 Å². The highest BCUT2D eigenvalue weighted by Crippen LogP contribution is 2.52. The Labute approximate surface area is 255 Å². The monoisotopic (exact) mass is 636 g/mol. The number of carbonyl (C=O) groups excluding carboxylic acids is 3. The van der Waals surface area contributed by atoms with E-state index in [2.05, 4.69) is 6.58 Å². The van der Waals surface area contributed by atoms with Gasteiger partial charge >= 0.3 is 17.2 Å². The van der Waals surface area contributed by atoms with E-state index in [0.717, 1.165) is 14.9 Å². The van der Waals surface area contributed by atoms with E-state index in [1.807, 2.05) is 34.5 Å². The van der Waals surface area contributed by atoms with E-state index in [1.165, 1.54) is 34.5 Å².